The van der Waals surface area contributed by atoms with Crippen molar-refractivity contribution in [3.63, 3.8) is 0 Å². The van der Waals surface area contributed by atoms with E-state index in [2.05, 4.69) is 0 Å². The van der Waals surface area contributed by atoms with Crippen LogP contribution >= 0.6 is 11.3 Å². The minimum atomic E-state index is -0.986. The Morgan fingerprint density at radius 3 is 1.57 bits per heavy atom. The van der Waals surface area contributed by atoms with E-state index in [1.807, 2.05) is 0 Å². The molecular weight excluding hydrogens is 404 g/mol. The number of aromatic hydroxyl groups is 2. The Morgan fingerprint density at radius 2 is 1.13 bits per heavy atom. The summed E-state index contributed by atoms with van der Waals surface area (Å²) in [7, 11) is 0. The zero-order chi connectivity index (χ0) is 20.8. The van der Waals surface area contributed by atoms with Crippen molar-refractivity contribution in [2.24, 2.45) is 0 Å². The zero-order valence-electron chi connectivity index (χ0n) is 15.4. The molecule has 30 heavy (non-hydrogen) atoms. The van der Waals surface area contributed by atoms with Crippen LogP contribution < -0.4 is 11.3 Å². The minimum Gasteiger partial charge on any atom is -0.504 e. The molecule has 0 spiro atoms. The molecule has 3 heterocycles. The molecule has 0 bridgehead atoms. The highest BCUT2D eigenvalue weighted by Crippen LogP contribution is 2.44. The normalized spacial score (nSPS) is 11.5. The Balaban J connectivity index is 1.88. The lowest BCUT2D eigenvalue weighted by Crippen LogP contribution is -2.12. The summed E-state index contributed by atoms with van der Waals surface area (Å²) in [6, 6.07) is 16.6. The highest BCUT2D eigenvalue weighted by Gasteiger charge is 2.32. The highest BCUT2D eigenvalue weighted by molar-refractivity contribution is 7.10. The van der Waals surface area contributed by atoms with Gasteiger partial charge < -0.3 is 19.0 Å². The summed E-state index contributed by atoms with van der Waals surface area (Å²) in [6.07, 6.45) is 0. The van der Waals surface area contributed by atoms with Crippen LogP contribution in [0.2, 0.25) is 0 Å². The Bertz CT molecular complexity index is 1410. The van der Waals surface area contributed by atoms with Crippen LogP contribution in [-0.2, 0) is 0 Å². The summed E-state index contributed by atoms with van der Waals surface area (Å²) < 4.78 is 11.0. The summed E-state index contributed by atoms with van der Waals surface area (Å²) >= 11 is 1.31. The first kappa shape index (κ1) is 18.2. The number of thiophene rings is 1. The van der Waals surface area contributed by atoms with Gasteiger partial charge in [-0.25, -0.2) is 9.59 Å². The number of hydrogen-bond acceptors (Lipinski definition) is 7. The standard InChI is InChI=1S/C23H14O6S/c24-18-12-6-1-3-8-14(12)22(26)28-20(18)17(16-10-5-11-30-16)21-19(25)13-7-2-4-9-15(13)23(27)29-21/h1-11,17,24-25H. The van der Waals surface area contributed by atoms with Crippen molar-refractivity contribution in [3.05, 3.63) is 103 Å². The molecule has 2 aromatic carbocycles. The van der Waals surface area contributed by atoms with Gasteiger partial charge in [0, 0.05) is 15.6 Å². The molecule has 7 heteroatoms. The van der Waals surface area contributed by atoms with Crippen LogP contribution in [0.1, 0.15) is 22.3 Å². The van der Waals surface area contributed by atoms with E-state index in [1.165, 1.54) is 11.3 Å². The second-order valence-corrected chi connectivity index (χ2v) is 7.72. The van der Waals surface area contributed by atoms with E-state index in [1.54, 1.807) is 66.0 Å². The number of benzene rings is 2. The predicted octanol–water partition coefficient (Wildman–Crippen LogP) is 4.55. The van der Waals surface area contributed by atoms with Gasteiger partial charge in [-0.1, -0.05) is 42.5 Å². The average Bonchev–Trinajstić information content (AvgIpc) is 3.30. The Labute approximate surface area is 172 Å². The fourth-order valence-corrected chi connectivity index (χ4v) is 4.45. The smallest absolute Gasteiger partial charge is 0.344 e. The summed E-state index contributed by atoms with van der Waals surface area (Å²) in [4.78, 5) is 25.8. The van der Waals surface area contributed by atoms with Gasteiger partial charge in [-0.05, 0) is 23.6 Å². The molecule has 0 aliphatic rings. The summed E-state index contributed by atoms with van der Waals surface area (Å²) in [5, 5.41) is 24.8. The summed E-state index contributed by atoms with van der Waals surface area (Å²) in [5.74, 6) is -1.69. The summed E-state index contributed by atoms with van der Waals surface area (Å²) in [5.41, 5.74) is -1.27. The second kappa shape index (κ2) is 6.89. The Hall–Kier alpha value is -3.84. The van der Waals surface area contributed by atoms with Crippen LogP contribution in [0.15, 0.2) is 84.5 Å². The Morgan fingerprint density at radius 1 is 0.667 bits per heavy atom. The van der Waals surface area contributed by atoms with Gasteiger partial charge in [-0.2, -0.15) is 0 Å². The van der Waals surface area contributed by atoms with E-state index in [0.717, 1.165) is 0 Å². The molecule has 0 unspecified atom stereocenters. The van der Waals surface area contributed by atoms with Crippen molar-refractivity contribution in [2.75, 3.05) is 0 Å². The third-order valence-corrected chi connectivity index (χ3v) is 5.97. The van der Waals surface area contributed by atoms with E-state index in [9.17, 15) is 19.8 Å². The largest absolute Gasteiger partial charge is 0.504 e. The fourth-order valence-electron chi connectivity index (χ4n) is 3.63. The zero-order valence-corrected chi connectivity index (χ0v) is 16.2. The van der Waals surface area contributed by atoms with Crippen molar-refractivity contribution in [3.8, 4) is 11.5 Å². The maximum atomic E-state index is 12.6. The third kappa shape index (κ3) is 2.71. The van der Waals surface area contributed by atoms with Gasteiger partial charge in [0.05, 0.1) is 10.8 Å². The number of rotatable bonds is 3. The molecule has 3 aromatic heterocycles. The second-order valence-electron chi connectivity index (χ2n) is 6.74. The molecule has 5 aromatic rings. The van der Waals surface area contributed by atoms with Crippen molar-refractivity contribution in [1.82, 2.24) is 0 Å². The predicted molar refractivity (Wildman–Crippen MR) is 114 cm³/mol. The lowest BCUT2D eigenvalue weighted by molar-refractivity contribution is 0.355. The molecule has 2 N–H and O–H groups in total. The molecule has 0 atom stereocenters. The first-order valence-corrected chi connectivity index (χ1v) is 9.97. The molecule has 0 aliphatic heterocycles. The first-order valence-electron chi connectivity index (χ1n) is 9.09. The molecule has 0 saturated carbocycles. The van der Waals surface area contributed by atoms with Gasteiger partial charge in [0.25, 0.3) is 0 Å². The monoisotopic (exact) mass is 418 g/mol. The van der Waals surface area contributed by atoms with Gasteiger partial charge in [0.15, 0.2) is 23.0 Å². The highest BCUT2D eigenvalue weighted by atomic mass is 32.1. The van der Waals surface area contributed by atoms with Crippen LogP contribution in [0.3, 0.4) is 0 Å². The van der Waals surface area contributed by atoms with Gasteiger partial charge in [0.2, 0.25) is 0 Å². The quantitative estimate of drug-likeness (QED) is 0.446. The molecule has 0 amide bonds. The lowest BCUT2D eigenvalue weighted by Gasteiger charge is -2.17. The fraction of sp³-hybridized carbons (Fsp3) is 0.0435. The molecule has 0 radical (unpaired) electrons. The van der Waals surface area contributed by atoms with Crippen LogP contribution in [-0.4, -0.2) is 10.2 Å². The molecule has 0 aliphatic carbocycles. The first-order chi connectivity index (χ1) is 14.6. The molecule has 6 nitrogen and oxygen atoms in total. The van der Waals surface area contributed by atoms with Gasteiger partial charge >= 0.3 is 11.3 Å². The molecule has 0 fully saturated rings. The average molecular weight is 418 g/mol. The molecular formula is C23H14O6S. The van der Waals surface area contributed by atoms with Crippen LogP contribution in [0, 0.1) is 0 Å². The maximum absolute atomic E-state index is 12.6. The minimum absolute atomic E-state index is 0.102. The van der Waals surface area contributed by atoms with E-state index in [0.29, 0.717) is 15.6 Å². The van der Waals surface area contributed by atoms with E-state index >= 15 is 0 Å². The van der Waals surface area contributed by atoms with Crippen molar-refractivity contribution in [2.45, 2.75) is 5.92 Å². The molecule has 148 valence electrons. The van der Waals surface area contributed by atoms with Crippen LogP contribution in [0.5, 0.6) is 11.5 Å². The van der Waals surface area contributed by atoms with Crippen LogP contribution in [0.4, 0.5) is 0 Å². The lowest BCUT2D eigenvalue weighted by atomic mass is 9.96. The molecule has 5 rings (SSSR count). The van der Waals surface area contributed by atoms with Gasteiger partial charge in [0.1, 0.15) is 5.92 Å². The number of fused-ring (bicyclic) bond motifs is 2. The van der Waals surface area contributed by atoms with E-state index < -0.39 is 17.2 Å². The summed E-state index contributed by atoms with van der Waals surface area (Å²) in [6.45, 7) is 0. The van der Waals surface area contributed by atoms with Gasteiger partial charge in [-0.3, -0.25) is 0 Å². The van der Waals surface area contributed by atoms with Crippen molar-refractivity contribution < 1.29 is 19.0 Å². The van der Waals surface area contributed by atoms with E-state index in [4.69, 9.17) is 8.83 Å². The van der Waals surface area contributed by atoms with Gasteiger partial charge in [-0.15, -0.1) is 11.3 Å². The molecule has 0 saturated heterocycles. The van der Waals surface area contributed by atoms with E-state index in [-0.39, 0.29) is 33.8 Å². The number of hydrogen-bond donors (Lipinski definition) is 2. The van der Waals surface area contributed by atoms with Crippen molar-refractivity contribution >= 4 is 32.9 Å². The van der Waals surface area contributed by atoms with Crippen molar-refractivity contribution in [1.29, 1.82) is 0 Å². The SMILES string of the molecule is O=c1oc(C(c2cccs2)c2oc(=O)c3ccccc3c2O)c(O)c2ccccc12. The topological polar surface area (TPSA) is 101 Å². The Kier molecular flexibility index (Phi) is 4.18. The third-order valence-electron chi connectivity index (χ3n) is 5.03. The maximum Gasteiger partial charge on any atom is 0.344 e. The van der Waals surface area contributed by atoms with Crippen LogP contribution in [0.25, 0.3) is 21.5 Å².